The van der Waals surface area contributed by atoms with Crippen molar-refractivity contribution in [3.63, 3.8) is 0 Å². The molecule has 5 rings (SSSR count). The molecule has 0 aliphatic carbocycles. The lowest BCUT2D eigenvalue weighted by atomic mass is 9.93. The standard InChI is InChI=1S/C25H25FN4O4/c1-32-24-17(26)6-4-7-18(24)29-23-20-21-15(13-28-25(20)31)5-2-3-10-33-11-12-34-19-14-27-9-8-16(19)22(23)30-21/h2-4,6-9,14-15,29-30H,5,10-13H2,1H3,(H,28,31)/b3-2+. The molecule has 2 aliphatic rings. The summed E-state index contributed by atoms with van der Waals surface area (Å²) in [6.07, 6.45) is 8.04. The SMILES string of the molecule is COc1c(F)cccc1Nc1c2[nH]c3c1C(=O)NCC3C/C=C/COCCOc1cnccc1-2. The molecule has 3 aromatic rings. The van der Waals surface area contributed by atoms with E-state index in [4.69, 9.17) is 14.2 Å². The van der Waals surface area contributed by atoms with Gasteiger partial charge in [0.2, 0.25) is 0 Å². The third-order valence-corrected chi connectivity index (χ3v) is 5.94. The normalized spacial score (nSPS) is 18.6. The minimum absolute atomic E-state index is 0.0294. The van der Waals surface area contributed by atoms with E-state index in [1.807, 2.05) is 12.1 Å². The Morgan fingerprint density at radius 1 is 1.24 bits per heavy atom. The van der Waals surface area contributed by atoms with E-state index in [1.165, 1.54) is 13.2 Å². The molecule has 34 heavy (non-hydrogen) atoms. The second-order valence-corrected chi connectivity index (χ2v) is 8.02. The average molecular weight is 464 g/mol. The van der Waals surface area contributed by atoms with Crippen LogP contribution in [0.4, 0.5) is 15.8 Å². The maximum atomic E-state index is 14.4. The number of carbonyl (C=O) groups is 1. The Morgan fingerprint density at radius 3 is 3.03 bits per heavy atom. The van der Waals surface area contributed by atoms with Crippen molar-refractivity contribution >= 4 is 17.3 Å². The fourth-order valence-electron chi connectivity index (χ4n) is 4.34. The molecule has 1 atom stereocenters. The number of anilines is 2. The highest BCUT2D eigenvalue weighted by molar-refractivity contribution is 6.07. The van der Waals surface area contributed by atoms with Crippen LogP contribution in [0.5, 0.6) is 11.5 Å². The highest BCUT2D eigenvalue weighted by atomic mass is 19.1. The van der Waals surface area contributed by atoms with E-state index in [0.29, 0.717) is 54.7 Å². The molecule has 4 heterocycles. The Bertz CT molecular complexity index is 1240. The Balaban J connectivity index is 1.71. The van der Waals surface area contributed by atoms with Gasteiger partial charge in [-0.3, -0.25) is 9.78 Å². The lowest BCUT2D eigenvalue weighted by molar-refractivity contribution is 0.0941. The first-order valence-corrected chi connectivity index (χ1v) is 11.1. The number of aromatic amines is 1. The molecule has 0 radical (unpaired) electrons. The summed E-state index contributed by atoms with van der Waals surface area (Å²) in [5, 5.41) is 6.25. The van der Waals surface area contributed by atoms with E-state index in [1.54, 1.807) is 24.5 Å². The molecule has 0 saturated heterocycles. The van der Waals surface area contributed by atoms with Crippen LogP contribution >= 0.6 is 0 Å². The molecule has 2 aliphatic heterocycles. The Labute approximate surface area is 196 Å². The van der Waals surface area contributed by atoms with Gasteiger partial charge >= 0.3 is 0 Å². The first kappa shape index (κ1) is 22.0. The van der Waals surface area contributed by atoms with E-state index >= 15 is 0 Å². The van der Waals surface area contributed by atoms with Crippen LogP contribution in [0.2, 0.25) is 0 Å². The zero-order chi connectivity index (χ0) is 23.5. The Morgan fingerprint density at radius 2 is 2.15 bits per heavy atom. The van der Waals surface area contributed by atoms with Gasteiger partial charge in [0.05, 0.1) is 49.2 Å². The van der Waals surface area contributed by atoms with Crippen molar-refractivity contribution < 1.29 is 23.4 Å². The van der Waals surface area contributed by atoms with Crippen LogP contribution in [0.25, 0.3) is 11.3 Å². The summed E-state index contributed by atoms with van der Waals surface area (Å²) in [6, 6.07) is 6.43. The van der Waals surface area contributed by atoms with Gasteiger partial charge in [0.15, 0.2) is 11.6 Å². The monoisotopic (exact) mass is 464 g/mol. The summed E-state index contributed by atoms with van der Waals surface area (Å²) in [4.78, 5) is 20.8. The number of amides is 1. The van der Waals surface area contributed by atoms with Crippen LogP contribution < -0.4 is 20.1 Å². The molecule has 9 heteroatoms. The van der Waals surface area contributed by atoms with Crippen LogP contribution in [-0.4, -0.2) is 49.4 Å². The number of allylic oxidation sites excluding steroid dienone is 1. The van der Waals surface area contributed by atoms with Crippen molar-refractivity contribution in [1.82, 2.24) is 15.3 Å². The van der Waals surface area contributed by atoms with Crippen molar-refractivity contribution in [2.24, 2.45) is 0 Å². The number of hydrogen-bond donors (Lipinski definition) is 3. The molecule has 2 aromatic heterocycles. The number of H-pyrrole nitrogens is 1. The van der Waals surface area contributed by atoms with Gasteiger partial charge in [-0.15, -0.1) is 0 Å². The zero-order valence-electron chi connectivity index (χ0n) is 18.7. The first-order chi connectivity index (χ1) is 16.7. The molecule has 1 aromatic carbocycles. The van der Waals surface area contributed by atoms with Gasteiger partial charge in [-0.05, 0) is 24.6 Å². The summed E-state index contributed by atoms with van der Waals surface area (Å²) in [5.74, 6) is -0.0734. The predicted molar refractivity (Wildman–Crippen MR) is 125 cm³/mol. The van der Waals surface area contributed by atoms with Crippen LogP contribution in [0.1, 0.15) is 28.4 Å². The molecule has 1 amide bonds. The summed E-state index contributed by atoms with van der Waals surface area (Å²) in [5.41, 5.74) is 3.59. The second-order valence-electron chi connectivity index (χ2n) is 8.02. The summed E-state index contributed by atoms with van der Waals surface area (Å²) in [7, 11) is 1.41. The highest BCUT2D eigenvalue weighted by Gasteiger charge is 2.33. The number of benzene rings is 1. The molecule has 3 N–H and O–H groups in total. The zero-order valence-corrected chi connectivity index (χ0v) is 18.7. The largest absolute Gasteiger partial charge is 0.492 e. The van der Waals surface area contributed by atoms with Crippen LogP contribution in [-0.2, 0) is 4.74 Å². The van der Waals surface area contributed by atoms with Crippen molar-refractivity contribution in [1.29, 1.82) is 0 Å². The molecule has 0 spiro atoms. The molecular formula is C25H25FN4O4. The minimum atomic E-state index is -0.503. The number of nitrogens with zero attached hydrogens (tertiary/aromatic N) is 1. The average Bonchev–Trinajstić information content (AvgIpc) is 3.22. The van der Waals surface area contributed by atoms with Crippen molar-refractivity contribution in [3.8, 4) is 22.8 Å². The lowest BCUT2D eigenvalue weighted by Gasteiger charge is -2.23. The predicted octanol–water partition coefficient (Wildman–Crippen LogP) is 4.15. The number of fused-ring (bicyclic) bond motifs is 3. The number of carbonyl (C=O) groups excluding carboxylic acids is 1. The third-order valence-electron chi connectivity index (χ3n) is 5.94. The number of methoxy groups -OCH3 is 1. The van der Waals surface area contributed by atoms with Crippen molar-refractivity contribution in [2.45, 2.75) is 12.3 Å². The molecule has 0 fully saturated rings. The number of rotatable bonds is 3. The van der Waals surface area contributed by atoms with Crippen LogP contribution in [0.15, 0.2) is 48.8 Å². The van der Waals surface area contributed by atoms with Gasteiger partial charge in [0, 0.05) is 29.9 Å². The van der Waals surface area contributed by atoms with Gasteiger partial charge in [-0.1, -0.05) is 18.2 Å². The molecule has 1 unspecified atom stereocenters. The third kappa shape index (κ3) is 4.10. The highest BCUT2D eigenvalue weighted by Crippen LogP contribution is 2.44. The molecule has 176 valence electrons. The van der Waals surface area contributed by atoms with E-state index in [0.717, 1.165) is 17.7 Å². The van der Waals surface area contributed by atoms with Crippen molar-refractivity contribution in [3.05, 3.63) is 65.9 Å². The fourth-order valence-corrected chi connectivity index (χ4v) is 4.34. The van der Waals surface area contributed by atoms with Crippen LogP contribution in [0, 0.1) is 5.82 Å². The second kappa shape index (κ2) is 9.56. The van der Waals surface area contributed by atoms with Gasteiger partial charge in [0.1, 0.15) is 12.4 Å². The number of hydrogen-bond acceptors (Lipinski definition) is 6. The number of pyridine rings is 1. The van der Waals surface area contributed by atoms with E-state index in [-0.39, 0.29) is 17.6 Å². The van der Waals surface area contributed by atoms with Gasteiger partial charge < -0.3 is 29.8 Å². The number of aromatic nitrogens is 2. The van der Waals surface area contributed by atoms with Crippen molar-refractivity contribution in [2.75, 3.05) is 38.8 Å². The minimum Gasteiger partial charge on any atom is -0.492 e. The molecular weight excluding hydrogens is 439 g/mol. The maximum Gasteiger partial charge on any atom is 0.255 e. The molecule has 8 nitrogen and oxygen atoms in total. The van der Waals surface area contributed by atoms with Gasteiger partial charge in [0.25, 0.3) is 5.91 Å². The Kier molecular flexibility index (Phi) is 6.18. The molecule has 2 bridgehead atoms. The van der Waals surface area contributed by atoms with Gasteiger partial charge in [-0.25, -0.2) is 4.39 Å². The Hall–Kier alpha value is -3.85. The fraction of sp³-hybridized carbons (Fsp3) is 0.280. The summed E-state index contributed by atoms with van der Waals surface area (Å²) >= 11 is 0. The number of para-hydroxylation sites is 1. The number of ether oxygens (including phenoxy) is 3. The summed E-state index contributed by atoms with van der Waals surface area (Å²) < 4.78 is 31.3. The van der Waals surface area contributed by atoms with E-state index < -0.39 is 5.82 Å². The topological polar surface area (TPSA) is 97.5 Å². The molecule has 0 saturated carbocycles. The number of halogens is 1. The van der Waals surface area contributed by atoms with E-state index in [2.05, 4.69) is 26.7 Å². The summed E-state index contributed by atoms with van der Waals surface area (Å²) in [6.45, 7) is 1.75. The number of nitrogens with one attached hydrogen (secondary N) is 3. The lowest BCUT2D eigenvalue weighted by Crippen LogP contribution is -2.34. The van der Waals surface area contributed by atoms with E-state index in [9.17, 15) is 9.18 Å². The quantitative estimate of drug-likeness (QED) is 0.504. The smallest absolute Gasteiger partial charge is 0.255 e. The van der Waals surface area contributed by atoms with Gasteiger partial charge in [-0.2, -0.15) is 0 Å². The first-order valence-electron chi connectivity index (χ1n) is 11.1. The van der Waals surface area contributed by atoms with Crippen LogP contribution in [0.3, 0.4) is 0 Å². The maximum absolute atomic E-state index is 14.4.